The quantitative estimate of drug-likeness (QED) is 0.807. The lowest BCUT2D eigenvalue weighted by molar-refractivity contribution is -0.147. The molecule has 0 aliphatic heterocycles. The van der Waals surface area contributed by atoms with Crippen molar-refractivity contribution >= 4 is 5.97 Å². The van der Waals surface area contributed by atoms with E-state index in [0.717, 1.165) is 19.6 Å². The van der Waals surface area contributed by atoms with E-state index in [-0.39, 0.29) is 0 Å². The van der Waals surface area contributed by atoms with E-state index in [4.69, 9.17) is 5.11 Å². The predicted octanol–water partition coefficient (Wildman–Crippen LogP) is 2.40. The highest BCUT2D eigenvalue weighted by Crippen LogP contribution is 2.21. The maximum atomic E-state index is 11.1. The van der Waals surface area contributed by atoms with Crippen molar-refractivity contribution in [1.82, 2.24) is 9.88 Å². The van der Waals surface area contributed by atoms with Crippen LogP contribution in [-0.2, 0) is 11.3 Å². The Morgan fingerprint density at radius 1 is 1.39 bits per heavy atom. The fourth-order valence-corrected chi connectivity index (χ4v) is 1.64. The molecule has 0 radical (unpaired) electrons. The highest BCUT2D eigenvalue weighted by Gasteiger charge is 2.27. The molecule has 0 aromatic carbocycles. The smallest absolute Gasteiger partial charge is 0.309 e. The van der Waals surface area contributed by atoms with Crippen LogP contribution in [0.5, 0.6) is 0 Å². The number of hydrogen-bond acceptors (Lipinski definition) is 3. The molecule has 0 fully saturated rings. The maximum absolute atomic E-state index is 11.1. The zero-order valence-electron chi connectivity index (χ0n) is 11.4. The second-order valence-corrected chi connectivity index (χ2v) is 5.16. The Morgan fingerprint density at radius 2 is 2.00 bits per heavy atom. The van der Waals surface area contributed by atoms with Crippen molar-refractivity contribution in [1.29, 1.82) is 0 Å². The average Bonchev–Trinajstić information content (AvgIpc) is 2.35. The summed E-state index contributed by atoms with van der Waals surface area (Å²) in [4.78, 5) is 17.3. The molecule has 0 saturated heterocycles. The van der Waals surface area contributed by atoms with Crippen LogP contribution in [0.25, 0.3) is 0 Å². The van der Waals surface area contributed by atoms with Crippen LogP contribution in [0, 0.1) is 5.41 Å². The van der Waals surface area contributed by atoms with E-state index in [9.17, 15) is 4.79 Å². The zero-order valence-corrected chi connectivity index (χ0v) is 11.4. The number of carbonyl (C=O) groups is 1. The van der Waals surface area contributed by atoms with Gasteiger partial charge in [-0.25, -0.2) is 0 Å². The van der Waals surface area contributed by atoms with Gasteiger partial charge in [0.1, 0.15) is 0 Å². The number of pyridine rings is 1. The van der Waals surface area contributed by atoms with Gasteiger partial charge in [0.05, 0.1) is 5.41 Å². The zero-order chi connectivity index (χ0) is 13.6. The molecule has 0 unspecified atom stereocenters. The van der Waals surface area contributed by atoms with Crippen LogP contribution < -0.4 is 0 Å². The van der Waals surface area contributed by atoms with Gasteiger partial charge in [0.2, 0.25) is 0 Å². The summed E-state index contributed by atoms with van der Waals surface area (Å²) in [6, 6.07) is 3.98. The number of nitrogens with zero attached hydrogens (tertiary/aromatic N) is 2. The molecule has 4 nitrogen and oxygen atoms in total. The summed E-state index contributed by atoms with van der Waals surface area (Å²) in [5.74, 6) is -0.734. The fourth-order valence-electron chi connectivity index (χ4n) is 1.64. The second-order valence-electron chi connectivity index (χ2n) is 5.16. The van der Waals surface area contributed by atoms with Crippen LogP contribution in [0.15, 0.2) is 24.5 Å². The molecule has 0 atom stereocenters. The Hall–Kier alpha value is -1.42. The maximum Gasteiger partial charge on any atom is 0.309 e. The number of carboxylic acid groups (broad SMARTS) is 1. The molecule has 0 aliphatic rings. The van der Waals surface area contributed by atoms with Gasteiger partial charge in [-0.2, -0.15) is 0 Å². The topological polar surface area (TPSA) is 53.4 Å². The van der Waals surface area contributed by atoms with E-state index in [0.29, 0.717) is 6.42 Å². The molecule has 0 spiro atoms. The van der Waals surface area contributed by atoms with Gasteiger partial charge in [0.25, 0.3) is 0 Å². The Morgan fingerprint density at radius 3 is 2.50 bits per heavy atom. The first-order valence-corrected chi connectivity index (χ1v) is 6.30. The summed E-state index contributed by atoms with van der Waals surface area (Å²) >= 11 is 0. The monoisotopic (exact) mass is 250 g/mol. The van der Waals surface area contributed by atoms with Crippen LogP contribution in [0.3, 0.4) is 0 Å². The Labute approximate surface area is 109 Å². The van der Waals surface area contributed by atoms with Gasteiger partial charge in [-0.1, -0.05) is 6.92 Å². The molecule has 1 aromatic heterocycles. The van der Waals surface area contributed by atoms with E-state index in [1.165, 1.54) is 5.56 Å². The largest absolute Gasteiger partial charge is 0.481 e. The van der Waals surface area contributed by atoms with Gasteiger partial charge in [0.15, 0.2) is 0 Å². The van der Waals surface area contributed by atoms with Gasteiger partial charge >= 0.3 is 5.97 Å². The lowest BCUT2D eigenvalue weighted by Crippen LogP contribution is -2.31. The molecule has 4 heteroatoms. The highest BCUT2D eigenvalue weighted by atomic mass is 16.4. The lowest BCUT2D eigenvalue weighted by atomic mass is 9.89. The molecule has 0 bridgehead atoms. The van der Waals surface area contributed by atoms with E-state index in [1.54, 1.807) is 26.2 Å². The van der Waals surface area contributed by atoms with Gasteiger partial charge < -0.3 is 5.11 Å². The minimum Gasteiger partial charge on any atom is -0.481 e. The number of hydrogen-bond donors (Lipinski definition) is 1. The van der Waals surface area contributed by atoms with Crippen molar-refractivity contribution in [3.63, 3.8) is 0 Å². The van der Waals surface area contributed by atoms with Gasteiger partial charge in [-0.15, -0.1) is 0 Å². The summed E-state index contributed by atoms with van der Waals surface area (Å²) in [7, 11) is 0. The van der Waals surface area contributed by atoms with Gasteiger partial charge in [-0.05, 0) is 51.1 Å². The Balaban J connectivity index is 2.51. The first-order chi connectivity index (χ1) is 8.45. The number of carboxylic acids is 1. The summed E-state index contributed by atoms with van der Waals surface area (Å²) < 4.78 is 0. The molecule has 1 aromatic rings. The molecule has 1 N–H and O–H groups in total. The van der Waals surface area contributed by atoms with Crippen LogP contribution in [0.4, 0.5) is 0 Å². The van der Waals surface area contributed by atoms with E-state index in [2.05, 4.69) is 16.8 Å². The van der Waals surface area contributed by atoms with Crippen molar-refractivity contribution < 1.29 is 9.90 Å². The van der Waals surface area contributed by atoms with Crippen molar-refractivity contribution in [3.05, 3.63) is 30.1 Å². The first kappa shape index (κ1) is 14.6. The summed E-state index contributed by atoms with van der Waals surface area (Å²) in [6.07, 6.45) is 4.22. The Kier molecular flexibility index (Phi) is 5.28. The summed E-state index contributed by atoms with van der Waals surface area (Å²) in [5, 5.41) is 9.09. The third-order valence-corrected chi connectivity index (χ3v) is 3.23. The fraction of sp³-hybridized carbons (Fsp3) is 0.571. The van der Waals surface area contributed by atoms with Crippen molar-refractivity contribution in [2.75, 3.05) is 13.1 Å². The first-order valence-electron chi connectivity index (χ1n) is 6.30. The van der Waals surface area contributed by atoms with Crippen LogP contribution in [0.2, 0.25) is 0 Å². The van der Waals surface area contributed by atoms with E-state index < -0.39 is 11.4 Å². The van der Waals surface area contributed by atoms with Crippen LogP contribution >= 0.6 is 0 Å². The third-order valence-electron chi connectivity index (χ3n) is 3.23. The molecule has 0 amide bonds. The van der Waals surface area contributed by atoms with Crippen molar-refractivity contribution in [2.45, 2.75) is 33.7 Å². The van der Waals surface area contributed by atoms with Crippen LogP contribution in [-0.4, -0.2) is 34.0 Å². The molecule has 1 rings (SSSR count). The molecular formula is C14H22N2O2. The molecule has 1 heterocycles. The lowest BCUT2D eigenvalue weighted by Gasteiger charge is -2.25. The predicted molar refractivity (Wildman–Crippen MR) is 71.2 cm³/mol. The highest BCUT2D eigenvalue weighted by molar-refractivity contribution is 5.73. The summed E-state index contributed by atoms with van der Waals surface area (Å²) in [6.45, 7) is 8.19. The minimum atomic E-state index is -0.734. The minimum absolute atomic E-state index is 0.654. The van der Waals surface area contributed by atoms with Crippen molar-refractivity contribution in [3.8, 4) is 0 Å². The standard InChI is InChI=1S/C14H22N2O2/c1-4-16(10-7-14(2,3)13(17)18)11-12-5-8-15-9-6-12/h5-6,8-9H,4,7,10-11H2,1-3H3,(H,17,18). The SMILES string of the molecule is CCN(CCC(C)(C)C(=O)O)Cc1ccncc1. The molecule has 0 aliphatic carbocycles. The molecule has 100 valence electrons. The number of aliphatic carboxylic acids is 1. The third kappa shape index (κ3) is 4.45. The molecular weight excluding hydrogens is 228 g/mol. The normalized spacial score (nSPS) is 11.8. The Bertz CT molecular complexity index is 377. The van der Waals surface area contributed by atoms with E-state index >= 15 is 0 Å². The summed E-state index contributed by atoms with van der Waals surface area (Å²) in [5.41, 5.74) is 0.547. The molecule has 18 heavy (non-hydrogen) atoms. The van der Waals surface area contributed by atoms with E-state index in [1.807, 2.05) is 12.1 Å². The average molecular weight is 250 g/mol. The number of rotatable bonds is 7. The van der Waals surface area contributed by atoms with Gasteiger partial charge in [-0.3, -0.25) is 14.7 Å². The van der Waals surface area contributed by atoms with Crippen molar-refractivity contribution in [2.24, 2.45) is 5.41 Å². The number of aromatic nitrogens is 1. The van der Waals surface area contributed by atoms with Crippen LogP contribution in [0.1, 0.15) is 32.8 Å². The second kappa shape index (κ2) is 6.50. The molecule has 0 saturated carbocycles. The van der Waals surface area contributed by atoms with Gasteiger partial charge in [0, 0.05) is 18.9 Å².